The fourth-order valence-electron chi connectivity index (χ4n) is 4.51. The third kappa shape index (κ3) is 4.67. The van der Waals surface area contributed by atoms with Crippen molar-refractivity contribution in [1.29, 1.82) is 0 Å². The summed E-state index contributed by atoms with van der Waals surface area (Å²) < 4.78 is 5.47. The molecular formula is C24H29N7O3. The van der Waals surface area contributed by atoms with E-state index in [0.717, 1.165) is 29.4 Å². The fourth-order valence-corrected chi connectivity index (χ4v) is 4.51. The Morgan fingerprint density at radius 3 is 2.74 bits per heavy atom. The minimum absolute atomic E-state index is 0.0433. The number of ether oxygens (including phenoxy) is 1. The number of anilines is 3. The highest BCUT2D eigenvalue weighted by atomic mass is 16.5. The summed E-state index contributed by atoms with van der Waals surface area (Å²) in [5.74, 6) is 0.874. The molecule has 2 aliphatic rings. The second-order valence-electron chi connectivity index (χ2n) is 8.83. The van der Waals surface area contributed by atoms with Gasteiger partial charge in [-0.15, -0.1) is 0 Å². The third-order valence-electron chi connectivity index (χ3n) is 6.29. The molecule has 2 aliphatic heterocycles. The number of aromatic nitrogens is 3. The van der Waals surface area contributed by atoms with Crippen molar-refractivity contribution in [3.8, 4) is 0 Å². The molecule has 0 spiro atoms. The average molecular weight is 464 g/mol. The van der Waals surface area contributed by atoms with Gasteiger partial charge in [-0.2, -0.15) is 4.98 Å². The lowest BCUT2D eigenvalue weighted by Crippen LogP contribution is -2.38. The number of carbonyl (C=O) groups excluding carboxylic acids is 2. The van der Waals surface area contributed by atoms with Crippen LogP contribution in [0.25, 0.3) is 10.9 Å². The minimum Gasteiger partial charge on any atom is -0.378 e. The van der Waals surface area contributed by atoms with E-state index in [9.17, 15) is 9.59 Å². The van der Waals surface area contributed by atoms with E-state index < -0.39 is 0 Å². The normalized spacial score (nSPS) is 18.4. The fraction of sp³-hybridized carbons (Fsp3) is 0.417. The van der Waals surface area contributed by atoms with Gasteiger partial charge in [0.15, 0.2) is 0 Å². The first kappa shape index (κ1) is 22.1. The molecule has 3 aromatic rings. The Kier molecular flexibility index (Phi) is 6.06. The molecule has 3 N–H and O–H groups in total. The van der Waals surface area contributed by atoms with Crippen LogP contribution in [0.5, 0.6) is 0 Å². The van der Waals surface area contributed by atoms with Gasteiger partial charge in [-0.1, -0.05) is 0 Å². The Bertz CT molecular complexity index is 1220. The molecular weight excluding hydrogens is 434 g/mol. The first-order chi connectivity index (χ1) is 16.5. The molecule has 34 heavy (non-hydrogen) atoms. The van der Waals surface area contributed by atoms with Crippen LogP contribution in [-0.2, 0) is 9.53 Å². The summed E-state index contributed by atoms with van der Waals surface area (Å²) in [5, 5.41) is 7.03. The van der Waals surface area contributed by atoms with Crippen LogP contribution in [-0.4, -0.2) is 72.2 Å². The number of nitrogens with one attached hydrogen (secondary N) is 3. The van der Waals surface area contributed by atoms with Crippen LogP contribution in [0.4, 0.5) is 17.5 Å². The third-order valence-corrected chi connectivity index (χ3v) is 6.29. The van der Waals surface area contributed by atoms with Gasteiger partial charge in [0, 0.05) is 68.0 Å². The molecule has 4 heterocycles. The number of morpholine rings is 1. The smallest absolute Gasteiger partial charge is 0.274 e. The summed E-state index contributed by atoms with van der Waals surface area (Å²) >= 11 is 0. The van der Waals surface area contributed by atoms with Crippen molar-refractivity contribution in [3.63, 3.8) is 0 Å². The predicted octanol–water partition coefficient (Wildman–Crippen LogP) is 2.07. The van der Waals surface area contributed by atoms with E-state index in [4.69, 9.17) is 9.72 Å². The number of fused-ring (bicyclic) bond motifs is 1. The quantitative estimate of drug-likeness (QED) is 0.531. The number of amides is 2. The number of hydrogen-bond donors (Lipinski definition) is 3. The maximum absolute atomic E-state index is 13.3. The molecule has 0 radical (unpaired) electrons. The van der Waals surface area contributed by atoms with Crippen molar-refractivity contribution in [2.24, 2.45) is 0 Å². The molecule has 0 saturated carbocycles. The van der Waals surface area contributed by atoms with Gasteiger partial charge in [-0.25, -0.2) is 4.98 Å². The van der Waals surface area contributed by atoms with E-state index in [1.165, 1.54) is 6.92 Å². The van der Waals surface area contributed by atoms with Crippen molar-refractivity contribution in [3.05, 3.63) is 41.7 Å². The van der Waals surface area contributed by atoms with E-state index in [-0.39, 0.29) is 17.9 Å². The molecule has 10 heteroatoms. The van der Waals surface area contributed by atoms with Crippen LogP contribution in [0, 0.1) is 6.92 Å². The zero-order valence-electron chi connectivity index (χ0n) is 19.4. The van der Waals surface area contributed by atoms with E-state index in [1.807, 2.05) is 36.2 Å². The molecule has 178 valence electrons. The zero-order chi connectivity index (χ0) is 23.7. The highest BCUT2D eigenvalue weighted by Gasteiger charge is 2.27. The van der Waals surface area contributed by atoms with E-state index in [2.05, 4.69) is 25.5 Å². The van der Waals surface area contributed by atoms with Crippen LogP contribution in [0.1, 0.15) is 29.4 Å². The average Bonchev–Trinajstić information content (AvgIpc) is 3.45. The largest absolute Gasteiger partial charge is 0.378 e. The summed E-state index contributed by atoms with van der Waals surface area (Å²) in [6, 6.07) is 7.58. The van der Waals surface area contributed by atoms with Gasteiger partial charge >= 0.3 is 0 Å². The van der Waals surface area contributed by atoms with Gasteiger partial charge in [0.05, 0.1) is 13.2 Å². The molecule has 10 nitrogen and oxygen atoms in total. The highest BCUT2D eigenvalue weighted by Crippen LogP contribution is 2.25. The summed E-state index contributed by atoms with van der Waals surface area (Å²) in [4.78, 5) is 41.5. The number of rotatable bonds is 5. The van der Waals surface area contributed by atoms with E-state index >= 15 is 0 Å². The first-order valence-corrected chi connectivity index (χ1v) is 11.6. The number of H-pyrrole nitrogens is 1. The van der Waals surface area contributed by atoms with Crippen molar-refractivity contribution < 1.29 is 14.3 Å². The van der Waals surface area contributed by atoms with Crippen LogP contribution in [0.3, 0.4) is 0 Å². The van der Waals surface area contributed by atoms with Crippen molar-refractivity contribution in [2.75, 3.05) is 54.5 Å². The molecule has 1 unspecified atom stereocenters. The molecule has 2 fully saturated rings. The van der Waals surface area contributed by atoms with E-state index in [0.29, 0.717) is 56.0 Å². The Labute approximate surface area is 197 Å². The van der Waals surface area contributed by atoms with Crippen molar-refractivity contribution in [2.45, 2.75) is 26.3 Å². The summed E-state index contributed by atoms with van der Waals surface area (Å²) in [7, 11) is 0. The summed E-state index contributed by atoms with van der Waals surface area (Å²) in [5.41, 5.74) is 3.16. The predicted molar refractivity (Wildman–Crippen MR) is 130 cm³/mol. The SMILES string of the molecule is CC(=O)NC1CCN(c2cc(C(=O)Nc3ccc4[nH]cc(C)c4c3)nc(N3CCOCC3)n2)C1. The number of nitrogens with zero attached hydrogens (tertiary/aromatic N) is 4. The number of aryl methyl sites for hydroxylation is 1. The van der Waals surface area contributed by atoms with Gasteiger partial charge in [0.2, 0.25) is 11.9 Å². The topological polar surface area (TPSA) is 115 Å². The van der Waals surface area contributed by atoms with Gasteiger partial charge in [-0.05, 0) is 37.1 Å². The summed E-state index contributed by atoms with van der Waals surface area (Å²) in [6.07, 6.45) is 2.78. The van der Waals surface area contributed by atoms with Gasteiger partial charge in [0.1, 0.15) is 11.5 Å². The van der Waals surface area contributed by atoms with Crippen molar-refractivity contribution >= 4 is 40.2 Å². The number of aromatic amines is 1. The maximum Gasteiger partial charge on any atom is 0.274 e. The standard InChI is InChI=1S/C24H29N7O3/c1-15-13-25-20-4-3-17(11-19(15)20)27-23(33)21-12-22(31-6-5-18(14-31)26-16(2)32)29-24(28-21)30-7-9-34-10-8-30/h3-4,11-13,18,25H,5-10,14H2,1-2H3,(H,26,32)(H,27,33). The van der Waals surface area contributed by atoms with E-state index in [1.54, 1.807) is 6.07 Å². The number of carbonyl (C=O) groups is 2. The lowest BCUT2D eigenvalue weighted by atomic mass is 10.1. The molecule has 0 bridgehead atoms. The lowest BCUT2D eigenvalue weighted by Gasteiger charge is -2.28. The molecule has 5 rings (SSSR count). The molecule has 1 atom stereocenters. The van der Waals surface area contributed by atoms with Crippen LogP contribution < -0.4 is 20.4 Å². The Morgan fingerprint density at radius 2 is 1.94 bits per heavy atom. The maximum atomic E-state index is 13.3. The van der Waals surface area contributed by atoms with Gasteiger partial charge in [0.25, 0.3) is 5.91 Å². The van der Waals surface area contributed by atoms with Gasteiger partial charge in [-0.3, -0.25) is 9.59 Å². The van der Waals surface area contributed by atoms with Crippen molar-refractivity contribution in [1.82, 2.24) is 20.3 Å². The molecule has 1 aromatic carbocycles. The molecule has 0 aliphatic carbocycles. The minimum atomic E-state index is -0.289. The molecule has 2 amide bonds. The second-order valence-corrected chi connectivity index (χ2v) is 8.83. The van der Waals surface area contributed by atoms with Crippen LogP contribution >= 0.6 is 0 Å². The van der Waals surface area contributed by atoms with Crippen LogP contribution in [0.2, 0.25) is 0 Å². The Balaban J connectivity index is 1.42. The number of benzene rings is 1. The Hall–Kier alpha value is -3.66. The summed E-state index contributed by atoms with van der Waals surface area (Å²) in [6.45, 7) is 7.47. The monoisotopic (exact) mass is 463 g/mol. The van der Waals surface area contributed by atoms with Gasteiger partial charge < -0.3 is 30.2 Å². The molecule has 2 aromatic heterocycles. The lowest BCUT2D eigenvalue weighted by molar-refractivity contribution is -0.119. The van der Waals surface area contributed by atoms with Crippen LogP contribution in [0.15, 0.2) is 30.5 Å². The molecule has 2 saturated heterocycles. The number of hydrogen-bond acceptors (Lipinski definition) is 7. The first-order valence-electron chi connectivity index (χ1n) is 11.6. The Morgan fingerprint density at radius 1 is 1.12 bits per heavy atom. The second kappa shape index (κ2) is 9.30. The highest BCUT2D eigenvalue weighted by molar-refractivity contribution is 6.04. The zero-order valence-corrected chi connectivity index (χ0v) is 19.4.